The molecule has 4 aromatic heterocycles. The molecule has 10 heteroatoms. The van der Waals surface area contributed by atoms with Crippen LogP contribution < -0.4 is 16.4 Å². The van der Waals surface area contributed by atoms with Crippen molar-refractivity contribution in [1.29, 1.82) is 0 Å². The molecule has 0 unspecified atom stereocenters. The largest absolute Gasteiger partial charge is 0.493 e. The van der Waals surface area contributed by atoms with E-state index in [2.05, 4.69) is 20.1 Å². The molecule has 0 radical (unpaired) electrons. The predicted octanol–water partition coefficient (Wildman–Crippen LogP) is 0.973. The number of hydrogen-bond donors (Lipinski definition) is 3. The van der Waals surface area contributed by atoms with Gasteiger partial charge in [0.05, 0.1) is 29.9 Å². The molecule has 9 nitrogen and oxygen atoms in total. The topological polar surface area (TPSA) is 121 Å². The number of hydrogen-bond acceptors (Lipinski definition) is 7. The number of fused-ring (bicyclic) bond motifs is 1. The number of thiophene rings is 1. The van der Waals surface area contributed by atoms with Gasteiger partial charge >= 0.3 is 5.69 Å². The molecule has 0 aliphatic rings. The number of rotatable bonds is 6. The maximum Gasteiger partial charge on any atom is 0.326 e. The SMILES string of the molecule is CCOCCN=c1cc(-c2ccc(C)s2)nc2/c(=C\c3[nH]c(=O)[nH]c3O)cnn12. The van der Waals surface area contributed by atoms with Gasteiger partial charge in [-0.25, -0.2) is 9.78 Å². The summed E-state index contributed by atoms with van der Waals surface area (Å²) >= 11 is 1.65. The Morgan fingerprint density at radius 1 is 1.38 bits per heavy atom. The zero-order valence-corrected chi connectivity index (χ0v) is 16.8. The molecule has 150 valence electrons. The van der Waals surface area contributed by atoms with Gasteiger partial charge in [0.15, 0.2) is 11.1 Å². The molecule has 3 N–H and O–H groups in total. The van der Waals surface area contributed by atoms with E-state index in [1.54, 1.807) is 28.1 Å². The second-order valence-electron chi connectivity index (χ2n) is 6.31. The normalized spacial score (nSPS) is 13.0. The van der Waals surface area contributed by atoms with E-state index in [0.717, 1.165) is 10.6 Å². The molecule has 0 saturated carbocycles. The van der Waals surface area contributed by atoms with E-state index in [0.29, 0.717) is 36.1 Å². The standard InChI is InChI=1S/C19H20N6O3S/c1-3-28-7-6-20-16-9-13(15-5-4-11(2)29-15)22-17-12(10-21-25(16)17)8-14-18(26)24-19(27)23-14/h4-5,8-10,26H,3,6-7H2,1-2H3,(H2,23,24,27)/b12-8-,20-16?. The van der Waals surface area contributed by atoms with Gasteiger partial charge in [0.2, 0.25) is 5.88 Å². The van der Waals surface area contributed by atoms with E-state index in [1.807, 2.05) is 32.0 Å². The summed E-state index contributed by atoms with van der Waals surface area (Å²) in [7, 11) is 0. The van der Waals surface area contributed by atoms with Gasteiger partial charge in [-0.15, -0.1) is 11.3 Å². The Morgan fingerprint density at radius 2 is 2.24 bits per heavy atom. The van der Waals surface area contributed by atoms with Crippen molar-refractivity contribution in [3.05, 3.63) is 56.2 Å². The third kappa shape index (κ3) is 3.98. The van der Waals surface area contributed by atoms with E-state index < -0.39 is 5.69 Å². The number of H-pyrrole nitrogens is 2. The van der Waals surface area contributed by atoms with Crippen molar-refractivity contribution in [2.24, 2.45) is 4.99 Å². The fraction of sp³-hybridized carbons (Fsp3) is 0.263. The summed E-state index contributed by atoms with van der Waals surface area (Å²) in [5.74, 6) is -0.235. The summed E-state index contributed by atoms with van der Waals surface area (Å²) in [6.45, 7) is 5.65. The first kappa shape index (κ1) is 19.1. The van der Waals surface area contributed by atoms with Crippen molar-refractivity contribution in [2.45, 2.75) is 13.8 Å². The zero-order chi connectivity index (χ0) is 20.4. The molecule has 0 spiro atoms. The van der Waals surface area contributed by atoms with Gasteiger partial charge < -0.3 is 14.8 Å². The molecular weight excluding hydrogens is 392 g/mol. The summed E-state index contributed by atoms with van der Waals surface area (Å²) in [5, 5.41) is 14.9. The third-order valence-electron chi connectivity index (χ3n) is 4.22. The average molecular weight is 412 g/mol. The number of aryl methyl sites for hydroxylation is 1. The molecular formula is C19H20N6O3S. The number of nitrogens with one attached hydrogen (secondary N) is 2. The zero-order valence-electron chi connectivity index (χ0n) is 16.0. The van der Waals surface area contributed by atoms with Crippen molar-refractivity contribution in [3.8, 4) is 16.5 Å². The van der Waals surface area contributed by atoms with Crippen LogP contribution in [0.25, 0.3) is 22.3 Å². The van der Waals surface area contributed by atoms with E-state index in [-0.39, 0.29) is 11.6 Å². The van der Waals surface area contributed by atoms with Crippen LogP contribution in [0.4, 0.5) is 0 Å². The Hall–Kier alpha value is -3.24. The molecule has 0 aliphatic heterocycles. The molecule has 4 aromatic rings. The second kappa shape index (κ2) is 8.02. The monoisotopic (exact) mass is 412 g/mol. The van der Waals surface area contributed by atoms with E-state index in [9.17, 15) is 9.90 Å². The van der Waals surface area contributed by atoms with Crippen LogP contribution in [0.1, 0.15) is 17.5 Å². The third-order valence-corrected chi connectivity index (χ3v) is 5.24. The highest BCUT2D eigenvalue weighted by molar-refractivity contribution is 7.15. The molecule has 0 bridgehead atoms. The van der Waals surface area contributed by atoms with Crippen LogP contribution in [-0.4, -0.2) is 49.4 Å². The maximum absolute atomic E-state index is 11.4. The minimum Gasteiger partial charge on any atom is -0.493 e. The molecule has 4 rings (SSSR count). The van der Waals surface area contributed by atoms with Crippen LogP contribution in [0, 0.1) is 6.92 Å². The minimum absolute atomic E-state index is 0.235. The van der Waals surface area contributed by atoms with Crippen molar-refractivity contribution in [3.63, 3.8) is 0 Å². The highest BCUT2D eigenvalue weighted by Crippen LogP contribution is 2.25. The van der Waals surface area contributed by atoms with Crippen LogP contribution in [0.15, 0.2) is 34.2 Å². The van der Waals surface area contributed by atoms with Crippen molar-refractivity contribution >= 4 is 23.1 Å². The molecule has 0 atom stereocenters. The van der Waals surface area contributed by atoms with E-state index in [4.69, 9.17) is 9.72 Å². The molecule has 0 amide bonds. The molecule has 0 aromatic carbocycles. The Bertz CT molecular complexity index is 1330. The van der Waals surface area contributed by atoms with Gasteiger partial charge in [-0.05, 0) is 32.1 Å². The predicted molar refractivity (Wildman–Crippen MR) is 110 cm³/mol. The van der Waals surface area contributed by atoms with Crippen molar-refractivity contribution < 1.29 is 9.84 Å². The van der Waals surface area contributed by atoms with Crippen LogP contribution in [-0.2, 0) is 4.74 Å². The first-order valence-corrected chi connectivity index (χ1v) is 9.93. The quantitative estimate of drug-likeness (QED) is 0.408. The Balaban J connectivity index is 1.91. The highest BCUT2D eigenvalue weighted by Gasteiger charge is 2.10. The number of aromatic hydroxyl groups is 1. The summed E-state index contributed by atoms with van der Waals surface area (Å²) in [6.07, 6.45) is 3.24. The minimum atomic E-state index is -0.487. The molecule has 0 saturated heterocycles. The van der Waals surface area contributed by atoms with Crippen LogP contribution in [0.2, 0.25) is 0 Å². The number of ether oxygens (including phenoxy) is 1. The van der Waals surface area contributed by atoms with Crippen LogP contribution >= 0.6 is 11.3 Å². The Kier molecular flexibility index (Phi) is 5.28. The fourth-order valence-electron chi connectivity index (χ4n) is 2.89. The average Bonchev–Trinajstić information content (AvgIpc) is 3.38. The lowest BCUT2D eigenvalue weighted by Crippen LogP contribution is -2.19. The number of aromatic nitrogens is 5. The van der Waals surface area contributed by atoms with E-state index >= 15 is 0 Å². The molecule has 0 fully saturated rings. The fourth-order valence-corrected chi connectivity index (χ4v) is 3.72. The summed E-state index contributed by atoms with van der Waals surface area (Å²) < 4.78 is 7.02. The maximum atomic E-state index is 11.4. The lowest BCUT2D eigenvalue weighted by Gasteiger charge is -2.01. The van der Waals surface area contributed by atoms with Gasteiger partial charge in [0.25, 0.3) is 0 Å². The molecule has 0 aliphatic carbocycles. The first-order valence-electron chi connectivity index (χ1n) is 9.12. The lowest BCUT2D eigenvalue weighted by atomic mass is 10.3. The first-order chi connectivity index (χ1) is 14.0. The Labute approximate surface area is 169 Å². The summed E-state index contributed by atoms with van der Waals surface area (Å²) in [6, 6.07) is 5.97. The second-order valence-corrected chi connectivity index (χ2v) is 7.60. The Morgan fingerprint density at radius 3 is 2.93 bits per heavy atom. The van der Waals surface area contributed by atoms with Crippen molar-refractivity contribution in [1.82, 2.24) is 24.6 Å². The van der Waals surface area contributed by atoms with Crippen molar-refractivity contribution in [2.75, 3.05) is 19.8 Å². The van der Waals surface area contributed by atoms with Gasteiger partial charge in [0, 0.05) is 22.8 Å². The van der Waals surface area contributed by atoms with Gasteiger partial charge in [-0.3, -0.25) is 9.98 Å². The van der Waals surface area contributed by atoms with Gasteiger partial charge in [-0.2, -0.15) is 9.61 Å². The smallest absolute Gasteiger partial charge is 0.326 e. The van der Waals surface area contributed by atoms with Gasteiger partial charge in [-0.1, -0.05) is 0 Å². The van der Waals surface area contributed by atoms with E-state index in [1.165, 1.54) is 4.88 Å². The highest BCUT2D eigenvalue weighted by atomic mass is 32.1. The number of imidazole rings is 1. The number of aromatic amines is 2. The number of nitrogens with zero attached hydrogens (tertiary/aromatic N) is 4. The van der Waals surface area contributed by atoms with Gasteiger partial charge in [0.1, 0.15) is 5.69 Å². The molecule has 4 heterocycles. The van der Waals surface area contributed by atoms with Crippen LogP contribution in [0.3, 0.4) is 0 Å². The summed E-state index contributed by atoms with van der Waals surface area (Å²) in [5.41, 5.74) is 1.79. The summed E-state index contributed by atoms with van der Waals surface area (Å²) in [4.78, 5) is 27.8. The lowest BCUT2D eigenvalue weighted by molar-refractivity contribution is 0.155. The molecule has 29 heavy (non-hydrogen) atoms. The van der Waals surface area contributed by atoms with Crippen LogP contribution in [0.5, 0.6) is 5.88 Å².